The molecule has 0 amide bonds. The van der Waals surface area contributed by atoms with Crippen LogP contribution in [0.3, 0.4) is 0 Å². The molecule has 16 heavy (non-hydrogen) atoms. The normalized spacial score (nSPS) is 18.0. The molecule has 0 spiro atoms. The maximum absolute atomic E-state index is 10.0. The average Bonchev–Trinajstić information content (AvgIpc) is 2.62. The highest BCUT2D eigenvalue weighted by atomic mass is 16.3. The number of nitrogens with one attached hydrogen (secondary N) is 1. The second kappa shape index (κ2) is 4.53. The van der Waals surface area contributed by atoms with Gasteiger partial charge in [-0.15, -0.1) is 0 Å². The van der Waals surface area contributed by atoms with Crippen molar-refractivity contribution in [3.8, 4) is 0 Å². The molecule has 0 saturated carbocycles. The fourth-order valence-electron chi connectivity index (χ4n) is 1.89. The standard InChI is InChI=1S/C12H17N3O/c1-14-7-8-15(12(14)13)9-11(16)10-5-3-2-4-6-10/h2-6,11,13,16H,7-9H2,1H3. The zero-order valence-corrected chi connectivity index (χ0v) is 9.43. The van der Waals surface area contributed by atoms with E-state index in [-0.39, 0.29) is 0 Å². The predicted octanol–water partition coefficient (Wildman–Crippen LogP) is 0.902. The smallest absolute Gasteiger partial charge is 0.193 e. The zero-order chi connectivity index (χ0) is 11.5. The SMILES string of the molecule is CN1CCN(CC(O)c2ccccc2)C1=N. The van der Waals surface area contributed by atoms with E-state index < -0.39 is 6.10 Å². The summed E-state index contributed by atoms with van der Waals surface area (Å²) in [6.45, 7) is 2.17. The van der Waals surface area contributed by atoms with Gasteiger partial charge in [-0.25, -0.2) is 0 Å². The predicted molar refractivity (Wildman–Crippen MR) is 63.3 cm³/mol. The van der Waals surface area contributed by atoms with Crippen LogP contribution in [0.15, 0.2) is 30.3 Å². The van der Waals surface area contributed by atoms with Crippen molar-refractivity contribution in [2.45, 2.75) is 6.10 Å². The van der Waals surface area contributed by atoms with Gasteiger partial charge in [-0.1, -0.05) is 30.3 Å². The Morgan fingerprint density at radius 1 is 1.31 bits per heavy atom. The lowest BCUT2D eigenvalue weighted by atomic mass is 10.1. The second-order valence-electron chi connectivity index (χ2n) is 4.12. The molecule has 1 aromatic rings. The van der Waals surface area contributed by atoms with Gasteiger partial charge < -0.3 is 14.9 Å². The molecule has 1 heterocycles. The van der Waals surface area contributed by atoms with E-state index in [1.807, 2.05) is 47.2 Å². The van der Waals surface area contributed by atoms with Crippen molar-refractivity contribution in [2.24, 2.45) is 0 Å². The summed E-state index contributed by atoms with van der Waals surface area (Å²) >= 11 is 0. The fourth-order valence-corrected chi connectivity index (χ4v) is 1.89. The van der Waals surface area contributed by atoms with Crippen LogP contribution in [0.1, 0.15) is 11.7 Å². The third kappa shape index (κ3) is 2.17. The van der Waals surface area contributed by atoms with Crippen LogP contribution in [0.2, 0.25) is 0 Å². The molecule has 86 valence electrons. The number of rotatable bonds is 3. The Bertz CT molecular complexity index is 366. The fraction of sp³-hybridized carbons (Fsp3) is 0.417. The molecule has 1 unspecified atom stereocenters. The van der Waals surface area contributed by atoms with Gasteiger partial charge in [0.15, 0.2) is 5.96 Å². The van der Waals surface area contributed by atoms with E-state index in [4.69, 9.17) is 5.41 Å². The number of β-amino-alcohol motifs (C(OH)–C–C–N with tert-alkyl or cyclic N) is 1. The molecule has 0 radical (unpaired) electrons. The molecule has 0 aromatic heterocycles. The van der Waals surface area contributed by atoms with Gasteiger partial charge in [-0.2, -0.15) is 0 Å². The largest absolute Gasteiger partial charge is 0.387 e. The molecule has 1 atom stereocenters. The minimum Gasteiger partial charge on any atom is -0.387 e. The second-order valence-corrected chi connectivity index (χ2v) is 4.12. The number of guanidine groups is 1. The van der Waals surface area contributed by atoms with Gasteiger partial charge in [0, 0.05) is 20.1 Å². The molecular formula is C12H17N3O. The summed E-state index contributed by atoms with van der Waals surface area (Å²) in [5.74, 6) is 0.495. The number of aliphatic hydroxyl groups excluding tert-OH is 1. The third-order valence-corrected chi connectivity index (χ3v) is 2.94. The van der Waals surface area contributed by atoms with E-state index in [1.54, 1.807) is 0 Å². The van der Waals surface area contributed by atoms with E-state index in [0.717, 1.165) is 18.7 Å². The van der Waals surface area contributed by atoms with Crippen LogP contribution in [0.4, 0.5) is 0 Å². The molecule has 1 aliphatic heterocycles. The number of aliphatic hydroxyl groups is 1. The summed E-state index contributed by atoms with van der Waals surface area (Å²) in [5, 5.41) is 17.8. The van der Waals surface area contributed by atoms with Gasteiger partial charge in [0.1, 0.15) is 0 Å². The monoisotopic (exact) mass is 219 g/mol. The number of likely N-dealkylation sites (N-methyl/N-ethyl adjacent to an activating group) is 1. The molecule has 4 heteroatoms. The lowest BCUT2D eigenvalue weighted by Gasteiger charge is -2.22. The lowest BCUT2D eigenvalue weighted by molar-refractivity contribution is 0.147. The Morgan fingerprint density at radius 2 is 2.00 bits per heavy atom. The maximum atomic E-state index is 10.0. The molecule has 2 N–H and O–H groups in total. The Morgan fingerprint density at radius 3 is 2.56 bits per heavy atom. The van der Waals surface area contributed by atoms with E-state index in [9.17, 15) is 5.11 Å². The van der Waals surface area contributed by atoms with E-state index in [2.05, 4.69) is 0 Å². The van der Waals surface area contributed by atoms with Crippen LogP contribution in [-0.4, -0.2) is 47.5 Å². The van der Waals surface area contributed by atoms with Crippen molar-refractivity contribution in [1.82, 2.24) is 9.80 Å². The number of hydrogen-bond donors (Lipinski definition) is 2. The van der Waals surface area contributed by atoms with E-state index in [1.165, 1.54) is 0 Å². The summed E-state index contributed by atoms with van der Waals surface area (Å²) in [6.07, 6.45) is -0.520. The van der Waals surface area contributed by atoms with Crippen LogP contribution in [0, 0.1) is 5.41 Å². The molecule has 0 bridgehead atoms. The zero-order valence-electron chi connectivity index (χ0n) is 9.43. The molecule has 1 aromatic carbocycles. The van der Waals surface area contributed by atoms with E-state index in [0.29, 0.717) is 12.5 Å². The summed E-state index contributed by atoms with van der Waals surface area (Å²) < 4.78 is 0. The average molecular weight is 219 g/mol. The Balaban J connectivity index is 1.98. The van der Waals surface area contributed by atoms with E-state index >= 15 is 0 Å². The summed E-state index contributed by atoms with van der Waals surface area (Å²) in [6, 6.07) is 9.59. The third-order valence-electron chi connectivity index (χ3n) is 2.94. The van der Waals surface area contributed by atoms with Gasteiger partial charge >= 0.3 is 0 Å². The molecule has 1 saturated heterocycles. The van der Waals surface area contributed by atoms with Crippen molar-refractivity contribution in [3.05, 3.63) is 35.9 Å². The first kappa shape index (κ1) is 11.0. The van der Waals surface area contributed by atoms with Crippen LogP contribution >= 0.6 is 0 Å². The topological polar surface area (TPSA) is 50.6 Å². The highest BCUT2D eigenvalue weighted by molar-refractivity contribution is 5.78. The van der Waals surface area contributed by atoms with Crippen molar-refractivity contribution < 1.29 is 5.11 Å². The highest BCUT2D eigenvalue weighted by Crippen LogP contribution is 2.16. The van der Waals surface area contributed by atoms with Gasteiger partial charge in [0.25, 0.3) is 0 Å². The summed E-state index contributed by atoms with van der Waals surface area (Å²) in [7, 11) is 1.90. The molecule has 4 nitrogen and oxygen atoms in total. The minimum absolute atomic E-state index is 0.493. The number of benzene rings is 1. The quantitative estimate of drug-likeness (QED) is 0.794. The van der Waals surface area contributed by atoms with Crippen molar-refractivity contribution >= 4 is 5.96 Å². The molecule has 1 aliphatic rings. The molecule has 1 fully saturated rings. The minimum atomic E-state index is -0.520. The first-order valence-electron chi connectivity index (χ1n) is 5.46. The highest BCUT2D eigenvalue weighted by Gasteiger charge is 2.24. The first-order valence-corrected chi connectivity index (χ1v) is 5.46. The Kier molecular flexibility index (Phi) is 3.10. The van der Waals surface area contributed by atoms with Gasteiger partial charge in [0.2, 0.25) is 0 Å². The van der Waals surface area contributed by atoms with Crippen LogP contribution in [0.5, 0.6) is 0 Å². The Hall–Kier alpha value is -1.55. The number of nitrogens with zero attached hydrogens (tertiary/aromatic N) is 2. The number of hydrogen-bond acceptors (Lipinski definition) is 2. The summed E-state index contributed by atoms with van der Waals surface area (Å²) in [4.78, 5) is 3.79. The van der Waals surface area contributed by atoms with Crippen LogP contribution < -0.4 is 0 Å². The Labute approximate surface area is 95.6 Å². The van der Waals surface area contributed by atoms with Gasteiger partial charge in [0.05, 0.1) is 12.6 Å². The lowest BCUT2D eigenvalue weighted by Crippen LogP contribution is -2.33. The van der Waals surface area contributed by atoms with Crippen molar-refractivity contribution in [3.63, 3.8) is 0 Å². The summed E-state index contributed by atoms with van der Waals surface area (Å²) in [5.41, 5.74) is 0.907. The molecule has 2 rings (SSSR count). The molecule has 0 aliphatic carbocycles. The van der Waals surface area contributed by atoms with Crippen molar-refractivity contribution in [2.75, 3.05) is 26.7 Å². The van der Waals surface area contributed by atoms with Gasteiger partial charge in [-0.3, -0.25) is 5.41 Å². The van der Waals surface area contributed by atoms with Crippen LogP contribution in [-0.2, 0) is 0 Å². The molecular weight excluding hydrogens is 202 g/mol. The van der Waals surface area contributed by atoms with Crippen LogP contribution in [0.25, 0.3) is 0 Å². The van der Waals surface area contributed by atoms with Gasteiger partial charge in [-0.05, 0) is 5.56 Å². The first-order chi connectivity index (χ1) is 7.68. The maximum Gasteiger partial charge on any atom is 0.193 e. The van der Waals surface area contributed by atoms with Crippen molar-refractivity contribution in [1.29, 1.82) is 5.41 Å².